The van der Waals surface area contributed by atoms with Crippen LogP contribution in [0.4, 0.5) is 20.2 Å². The lowest BCUT2D eigenvalue weighted by atomic mass is 10.1. The van der Waals surface area contributed by atoms with E-state index in [2.05, 4.69) is 26.6 Å². The molecular formula is C23H13BrCl4F2N2O2. The number of carbonyl (C=O) groups is 2. The molecule has 11 heteroatoms. The van der Waals surface area contributed by atoms with E-state index in [0.717, 1.165) is 17.7 Å². The van der Waals surface area contributed by atoms with Crippen molar-refractivity contribution in [3.05, 3.63) is 91.9 Å². The van der Waals surface area contributed by atoms with Gasteiger partial charge in [-0.2, -0.15) is 0 Å². The van der Waals surface area contributed by atoms with Gasteiger partial charge in [0.05, 0.1) is 27.2 Å². The number of hydrogen-bond acceptors (Lipinski definition) is 2. The molecule has 1 aliphatic rings. The van der Waals surface area contributed by atoms with Gasteiger partial charge in [-0.1, -0.05) is 29.3 Å². The lowest BCUT2D eigenvalue weighted by Gasteiger charge is -2.11. The first-order chi connectivity index (χ1) is 16.0. The van der Waals surface area contributed by atoms with Gasteiger partial charge in [-0.05, 0) is 64.0 Å². The van der Waals surface area contributed by atoms with Gasteiger partial charge in [0.1, 0.15) is 16.0 Å². The molecule has 0 saturated heterocycles. The average Bonchev–Trinajstić information content (AvgIpc) is 3.35. The standard InChI is InChI=1S/C23H13BrCl4F2N2O2/c24-14-7-10(1-4-16(14)26)19-20(23(19,27)28)22(34)31-12-3-5-15(25)13(9-12)21(33)32-18-6-2-11(29)8-17(18)30/h1-9,19-20H,(H,31,34)(H,32,33)/t19-,20+/m1/s1. The Bertz CT molecular complexity index is 1320. The Morgan fingerprint density at radius 3 is 2.29 bits per heavy atom. The third-order valence-corrected chi connectivity index (χ3v) is 7.78. The van der Waals surface area contributed by atoms with Gasteiger partial charge in [0.2, 0.25) is 5.91 Å². The van der Waals surface area contributed by atoms with Crippen LogP contribution < -0.4 is 10.6 Å². The normalized spacial score (nSPS) is 18.3. The van der Waals surface area contributed by atoms with E-state index in [-0.39, 0.29) is 22.0 Å². The summed E-state index contributed by atoms with van der Waals surface area (Å²) < 4.78 is 26.3. The van der Waals surface area contributed by atoms with Gasteiger partial charge < -0.3 is 10.6 Å². The van der Waals surface area contributed by atoms with Gasteiger partial charge in [-0.15, -0.1) is 23.2 Å². The van der Waals surface area contributed by atoms with Crippen molar-refractivity contribution in [1.29, 1.82) is 0 Å². The summed E-state index contributed by atoms with van der Waals surface area (Å²) in [4.78, 5) is 25.6. The van der Waals surface area contributed by atoms with Crippen LogP contribution in [0.5, 0.6) is 0 Å². The van der Waals surface area contributed by atoms with Crippen molar-refractivity contribution in [3.63, 3.8) is 0 Å². The SMILES string of the molecule is O=C(Nc1ccc(F)cc1F)c1cc(NC(=O)[C@@H]2[C@@H](c3ccc(Cl)c(Br)c3)C2(Cl)Cl)ccc1Cl. The van der Waals surface area contributed by atoms with E-state index in [9.17, 15) is 18.4 Å². The molecule has 0 heterocycles. The number of carbonyl (C=O) groups excluding carboxylic acids is 2. The van der Waals surface area contributed by atoms with Crippen LogP contribution in [-0.2, 0) is 4.79 Å². The predicted octanol–water partition coefficient (Wildman–Crippen LogP) is 7.81. The van der Waals surface area contributed by atoms with Crippen molar-refractivity contribution in [3.8, 4) is 0 Å². The van der Waals surface area contributed by atoms with Crippen LogP contribution in [0.1, 0.15) is 21.8 Å². The highest BCUT2D eigenvalue weighted by Gasteiger charge is 2.67. The van der Waals surface area contributed by atoms with E-state index in [0.29, 0.717) is 15.6 Å². The highest BCUT2D eigenvalue weighted by atomic mass is 79.9. The molecule has 4 rings (SSSR count). The van der Waals surface area contributed by atoms with Crippen LogP contribution in [0.3, 0.4) is 0 Å². The Labute approximate surface area is 221 Å². The second-order valence-corrected chi connectivity index (χ2v) is 10.7. The topological polar surface area (TPSA) is 58.2 Å². The number of benzene rings is 3. The Kier molecular flexibility index (Phi) is 7.14. The van der Waals surface area contributed by atoms with Gasteiger partial charge >= 0.3 is 0 Å². The summed E-state index contributed by atoms with van der Waals surface area (Å²) in [5.41, 5.74) is 0.742. The molecule has 0 aliphatic heterocycles. The first-order valence-corrected chi connectivity index (χ1v) is 12.0. The quantitative estimate of drug-likeness (QED) is 0.290. The fraction of sp³-hybridized carbons (Fsp3) is 0.130. The van der Waals surface area contributed by atoms with E-state index < -0.39 is 39.6 Å². The average molecular weight is 609 g/mol. The Morgan fingerprint density at radius 1 is 0.912 bits per heavy atom. The summed E-state index contributed by atoms with van der Waals surface area (Å²) in [6.45, 7) is 0. The van der Waals surface area contributed by atoms with Crippen LogP contribution >= 0.6 is 62.3 Å². The smallest absolute Gasteiger partial charge is 0.257 e. The van der Waals surface area contributed by atoms with Gasteiger partial charge in [-0.25, -0.2) is 8.78 Å². The molecule has 4 nitrogen and oxygen atoms in total. The largest absolute Gasteiger partial charge is 0.326 e. The molecule has 0 unspecified atom stereocenters. The minimum absolute atomic E-state index is 0.0276. The lowest BCUT2D eigenvalue weighted by Crippen LogP contribution is -2.18. The monoisotopic (exact) mass is 606 g/mol. The molecule has 0 spiro atoms. The second-order valence-electron chi connectivity index (χ2n) is 7.57. The second kappa shape index (κ2) is 9.63. The molecule has 176 valence electrons. The zero-order valence-corrected chi connectivity index (χ0v) is 21.4. The Morgan fingerprint density at radius 2 is 1.62 bits per heavy atom. The zero-order chi connectivity index (χ0) is 24.8. The maximum absolute atomic E-state index is 13.9. The number of anilines is 2. The van der Waals surface area contributed by atoms with Gasteiger partial charge in [0, 0.05) is 22.1 Å². The molecule has 1 saturated carbocycles. The third kappa shape index (κ3) is 5.04. The van der Waals surface area contributed by atoms with Crippen LogP contribution in [0.2, 0.25) is 10.0 Å². The summed E-state index contributed by atoms with van der Waals surface area (Å²) >= 11 is 28.3. The summed E-state index contributed by atoms with van der Waals surface area (Å²) in [5, 5.41) is 5.58. The molecular weight excluding hydrogens is 596 g/mol. The number of rotatable bonds is 5. The molecule has 0 bridgehead atoms. The fourth-order valence-corrected chi connectivity index (χ4v) is 5.10. The highest BCUT2D eigenvalue weighted by Crippen LogP contribution is 2.65. The predicted molar refractivity (Wildman–Crippen MR) is 134 cm³/mol. The number of hydrogen-bond donors (Lipinski definition) is 2. The van der Waals surface area contributed by atoms with E-state index >= 15 is 0 Å². The third-order valence-electron chi connectivity index (χ3n) is 5.30. The Hall–Kier alpha value is -1.90. The minimum Gasteiger partial charge on any atom is -0.326 e. The summed E-state index contributed by atoms with van der Waals surface area (Å²) in [7, 11) is 0. The number of amides is 2. The molecule has 3 aromatic rings. The van der Waals surface area contributed by atoms with Crippen LogP contribution in [-0.4, -0.2) is 16.1 Å². The lowest BCUT2D eigenvalue weighted by molar-refractivity contribution is -0.117. The van der Waals surface area contributed by atoms with Crippen LogP contribution in [0.25, 0.3) is 0 Å². The van der Waals surface area contributed by atoms with E-state index in [4.69, 9.17) is 46.4 Å². The van der Waals surface area contributed by atoms with E-state index in [1.807, 2.05) is 0 Å². The molecule has 2 N–H and O–H groups in total. The summed E-state index contributed by atoms with van der Waals surface area (Å²) in [6.07, 6.45) is 0. The van der Waals surface area contributed by atoms with Crippen molar-refractivity contribution >= 4 is 85.5 Å². The zero-order valence-electron chi connectivity index (χ0n) is 16.8. The maximum Gasteiger partial charge on any atom is 0.257 e. The van der Waals surface area contributed by atoms with Gasteiger partial charge in [0.25, 0.3) is 5.91 Å². The van der Waals surface area contributed by atoms with Crippen molar-refractivity contribution in [2.75, 3.05) is 10.6 Å². The van der Waals surface area contributed by atoms with Crippen molar-refractivity contribution in [2.24, 2.45) is 5.92 Å². The number of nitrogens with one attached hydrogen (secondary N) is 2. The summed E-state index contributed by atoms with van der Waals surface area (Å²) in [6, 6.07) is 12.1. The number of alkyl halides is 2. The molecule has 2 atom stereocenters. The van der Waals surface area contributed by atoms with E-state index in [1.165, 1.54) is 18.2 Å². The first kappa shape index (κ1) is 25.2. The fourth-order valence-electron chi connectivity index (χ4n) is 3.55. The molecule has 34 heavy (non-hydrogen) atoms. The molecule has 1 fully saturated rings. The molecule has 3 aromatic carbocycles. The highest BCUT2D eigenvalue weighted by molar-refractivity contribution is 9.10. The van der Waals surface area contributed by atoms with Crippen molar-refractivity contribution < 1.29 is 18.4 Å². The van der Waals surface area contributed by atoms with Gasteiger partial charge in [-0.3, -0.25) is 9.59 Å². The van der Waals surface area contributed by atoms with Gasteiger partial charge in [0.15, 0.2) is 0 Å². The van der Waals surface area contributed by atoms with Crippen molar-refractivity contribution in [1.82, 2.24) is 0 Å². The number of halogens is 7. The van der Waals surface area contributed by atoms with Crippen molar-refractivity contribution in [2.45, 2.75) is 10.3 Å². The first-order valence-electron chi connectivity index (χ1n) is 9.68. The maximum atomic E-state index is 13.9. The van der Waals surface area contributed by atoms with E-state index in [1.54, 1.807) is 18.2 Å². The summed E-state index contributed by atoms with van der Waals surface area (Å²) in [5.74, 6) is -4.16. The molecule has 0 aromatic heterocycles. The van der Waals surface area contributed by atoms with Crippen LogP contribution in [0.15, 0.2) is 59.1 Å². The molecule has 1 aliphatic carbocycles. The molecule has 2 amide bonds. The van der Waals surface area contributed by atoms with Crippen LogP contribution in [0, 0.1) is 17.6 Å². The minimum atomic E-state index is -1.33. The molecule has 0 radical (unpaired) electrons. The Balaban J connectivity index is 1.51.